The summed E-state index contributed by atoms with van der Waals surface area (Å²) in [5.74, 6) is -0.368. The maximum absolute atomic E-state index is 11.7. The molecule has 1 aromatic carbocycles. The molecule has 0 spiro atoms. The van der Waals surface area contributed by atoms with Crippen LogP contribution in [0.5, 0.6) is 0 Å². The minimum atomic E-state index is -0.467. The highest BCUT2D eigenvalue weighted by Crippen LogP contribution is 2.11. The van der Waals surface area contributed by atoms with Gasteiger partial charge >= 0.3 is 6.03 Å². The SMILES string of the molecule is O=C(CNc1cccc(I)c1)NC(=O)NCCc1cccs1. The second kappa shape index (κ2) is 8.74. The molecule has 1 aromatic heterocycles. The number of anilines is 1. The van der Waals surface area contributed by atoms with Crippen LogP contribution in [0.2, 0.25) is 0 Å². The van der Waals surface area contributed by atoms with E-state index in [0.717, 1.165) is 15.7 Å². The number of urea groups is 1. The Morgan fingerprint density at radius 1 is 1.18 bits per heavy atom. The Morgan fingerprint density at radius 2 is 2.05 bits per heavy atom. The standard InChI is InChI=1S/C15H16IN3O2S/c16-11-3-1-4-12(9-11)18-10-14(20)19-15(21)17-7-6-13-5-2-8-22-13/h1-5,8-9,18H,6-7,10H2,(H2,17,19,20,21). The van der Waals surface area contributed by atoms with Crippen LogP contribution in [-0.4, -0.2) is 25.0 Å². The Morgan fingerprint density at radius 3 is 2.77 bits per heavy atom. The van der Waals surface area contributed by atoms with E-state index in [1.165, 1.54) is 4.88 Å². The van der Waals surface area contributed by atoms with Crippen LogP contribution in [0.4, 0.5) is 10.5 Å². The monoisotopic (exact) mass is 429 g/mol. The molecular weight excluding hydrogens is 413 g/mol. The summed E-state index contributed by atoms with van der Waals surface area (Å²) < 4.78 is 1.08. The number of thiophene rings is 1. The summed E-state index contributed by atoms with van der Waals surface area (Å²) in [7, 11) is 0. The molecule has 0 aliphatic heterocycles. The molecule has 0 saturated heterocycles. The van der Waals surface area contributed by atoms with Crippen LogP contribution in [0, 0.1) is 3.57 Å². The molecule has 0 atom stereocenters. The van der Waals surface area contributed by atoms with Gasteiger partial charge in [0.2, 0.25) is 5.91 Å². The van der Waals surface area contributed by atoms with Gasteiger partial charge in [0.25, 0.3) is 0 Å². The van der Waals surface area contributed by atoms with E-state index >= 15 is 0 Å². The molecule has 2 aromatic rings. The topological polar surface area (TPSA) is 70.2 Å². The molecule has 0 saturated carbocycles. The molecular formula is C15H16IN3O2S. The van der Waals surface area contributed by atoms with Crippen LogP contribution in [-0.2, 0) is 11.2 Å². The van der Waals surface area contributed by atoms with Crippen LogP contribution >= 0.6 is 33.9 Å². The first-order chi connectivity index (χ1) is 10.6. The number of carbonyl (C=O) groups excluding carboxylic acids is 2. The molecule has 0 unspecified atom stereocenters. The van der Waals surface area contributed by atoms with Crippen molar-refractivity contribution in [3.8, 4) is 0 Å². The van der Waals surface area contributed by atoms with Crippen LogP contribution in [0.3, 0.4) is 0 Å². The molecule has 3 amide bonds. The van der Waals surface area contributed by atoms with E-state index in [-0.39, 0.29) is 12.5 Å². The van der Waals surface area contributed by atoms with E-state index in [0.29, 0.717) is 6.54 Å². The van der Waals surface area contributed by atoms with Crippen molar-refractivity contribution in [2.45, 2.75) is 6.42 Å². The number of hydrogen-bond acceptors (Lipinski definition) is 4. The van der Waals surface area contributed by atoms with Crippen molar-refractivity contribution in [1.29, 1.82) is 0 Å². The molecule has 116 valence electrons. The van der Waals surface area contributed by atoms with Gasteiger partial charge in [0.1, 0.15) is 0 Å². The number of nitrogens with one attached hydrogen (secondary N) is 3. The summed E-state index contributed by atoms with van der Waals surface area (Å²) in [5, 5.41) is 9.93. The molecule has 0 radical (unpaired) electrons. The number of carbonyl (C=O) groups is 2. The Balaban J connectivity index is 1.64. The maximum Gasteiger partial charge on any atom is 0.321 e. The third-order valence-electron chi connectivity index (χ3n) is 2.77. The number of imide groups is 1. The number of benzene rings is 1. The van der Waals surface area contributed by atoms with E-state index < -0.39 is 6.03 Å². The van der Waals surface area contributed by atoms with E-state index in [4.69, 9.17) is 0 Å². The van der Waals surface area contributed by atoms with Crippen molar-refractivity contribution >= 4 is 51.6 Å². The van der Waals surface area contributed by atoms with Crippen molar-refractivity contribution < 1.29 is 9.59 Å². The van der Waals surface area contributed by atoms with Crippen molar-refractivity contribution in [1.82, 2.24) is 10.6 Å². The zero-order valence-corrected chi connectivity index (χ0v) is 14.7. The van der Waals surface area contributed by atoms with Gasteiger partial charge in [0, 0.05) is 20.7 Å². The van der Waals surface area contributed by atoms with Gasteiger partial charge in [0.05, 0.1) is 6.54 Å². The normalized spacial score (nSPS) is 10.0. The number of hydrogen-bond donors (Lipinski definition) is 3. The lowest BCUT2D eigenvalue weighted by molar-refractivity contribution is -0.118. The van der Waals surface area contributed by atoms with Crippen molar-refractivity contribution in [3.05, 3.63) is 50.2 Å². The predicted molar refractivity (Wildman–Crippen MR) is 97.2 cm³/mol. The Labute approximate surface area is 146 Å². The predicted octanol–water partition coefficient (Wildman–Crippen LogP) is 2.83. The van der Waals surface area contributed by atoms with Gasteiger partial charge in [-0.3, -0.25) is 10.1 Å². The Kier molecular flexibility index (Phi) is 6.66. The minimum Gasteiger partial charge on any atom is -0.376 e. The van der Waals surface area contributed by atoms with Gasteiger partial charge in [0.15, 0.2) is 0 Å². The van der Waals surface area contributed by atoms with Crippen molar-refractivity contribution in [2.75, 3.05) is 18.4 Å². The minimum absolute atomic E-state index is 0.0540. The fourth-order valence-corrected chi connectivity index (χ4v) is 3.00. The van der Waals surface area contributed by atoms with E-state index in [9.17, 15) is 9.59 Å². The summed E-state index contributed by atoms with van der Waals surface area (Å²) in [4.78, 5) is 24.4. The number of halogens is 1. The lowest BCUT2D eigenvalue weighted by Crippen LogP contribution is -2.42. The molecule has 0 bridgehead atoms. The lowest BCUT2D eigenvalue weighted by Gasteiger charge is -2.08. The highest BCUT2D eigenvalue weighted by molar-refractivity contribution is 14.1. The number of amides is 3. The van der Waals surface area contributed by atoms with Crippen LogP contribution < -0.4 is 16.0 Å². The van der Waals surface area contributed by atoms with Gasteiger partial charge in [-0.1, -0.05) is 12.1 Å². The molecule has 2 rings (SSSR count). The number of rotatable bonds is 6. The van der Waals surface area contributed by atoms with Crippen LogP contribution in [0.25, 0.3) is 0 Å². The summed E-state index contributed by atoms with van der Waals surface area (Å²) >= 11 is 3.84. The van der Waals surface area contributed by atoms with Gasteiger partial charge in [-0.15, -0.1) is 11.3 Å². The van der Waals surface area contributed by atoms with Gasteiger partial charge < -0.3 is 10.6 Å². The molecule has 7 heteroatoms. The average molecular weight is 429 g/mol. The van der Waals surface area contributed by atoms with E-state index in [2.05, 4.69) is 38.5 Å². The second-order valence-corrected chi connectivity index (χ2v) is 6.78. The van der Waals surface area contributed by atoms with Crippen molar-refractivity contribution in [3.63, 3.8) is 0 Å². The van der Waals surface area contributed by atoms with E-state index in [1.807, 2.05) is 41.8 Å². The van der Waals surface area contributed by atoms with Crippen molar-refractivity contribution in [2.24, 2.45) is 0 Å². The first kappa shape index (κ1) is 16.8. The quantitative estimate of drug-likeness (QED) is 0.619. The third-order valence-corrected chi connectivity index (χ3v) is 4.37. The highest BCUT2D eigenvalue weighted by atomic mass is 127. The highest BCUT2D eigenvalue weighted by Gasteiger charge is 2.07. The molecule has 0 aliphatic carbocycles. The second-order valence-electron chi connectivity index (χ2n) is 4.50. The van der Waals surface area contributed by atoms with Gasteiger partial charge in [-0.2, -0.15) is 0 Å². The zero-order chi connectivity index (χ0) is 15.8. The molecule has 1 heterocycles. The maximum atomic E-state index is 11.7. The Hall–Kier alpha value is -1.61. The fourth-order valence-electron chi connectivity index (χ4n) is 1.75. The molecule has 0 aliphatic rings. The van der Waals surface area contributed by atoms with Gasteiger partial charge in [-0.25, -0.2) is 4.79 Å². The third kappa shape index (κ3) is 6.02. The average Bonchev–Trinajstić information content (AvgIpc) is 2.98. The summed E-state index contributed by atoms with van der Waals surface area (Å²) in [6.07, 6.45) is 0.764. The molecule has 0 fully saturated rings. The molecule has 22 heavy (non-hydrogen) atoms. The van der Waals surface area contributed by atoms with E-state index in [1.54, 1.807) is 11.3 Å². The first-order valence-corrected chi connectivity index (χ1v) is 8.69. The van der Waals surface area contributed by atoms with Crippen LogP contribution in [0.15, 0.2) is 41.8 Å². The summed E-state index contributed by atoms with van der Waals surface area (Å²) in [6.45, 7) is 0.558. The summed E-state index contributed by atoms with van der Waals surface area (Å²) in [5.41, 5.74) is 0.847. The Bertz CT molecular complexity index is 631. The largest absolute Gasteiger partial charge is 0.376 e. The lowest BCUT2D eigenvalue weighted by atomic mass is 10.3. The van der Waals surface area contributed by atoms with Crippen LogP contribution in [0.1, 0.15) is 4.88 Å². The summed E-state index contributed by atoms with van der Waals surface area (Å²) in [6, 6.07) is 11.2. The molecule has 5 nitrogen and oxygen atoms in total. The zero-order valence-electron chi connectivity index (χ0n) is 11.8. The first-order valence-electron chi connectivity index (χ1n) is 6.73. The molecule has 3 N–H and O–H groups in total. The van der Waals surface area contributed by atoms with Gasteiger partial charge in [-0.05, 0) is 58.7 Å². The fraction of sp³-hybridized carbons (Fsp3) is 0.200. The smallest absolute Gasteiger partial charge is 0.321 e.